The molecule has 25 heavy (non-hydrogen) atoms. The van der Waals surface area contributed by atoms with Gasteiger partial charge in [-0.3, -0.25) is 4.79 Å². The van der Waals surface area contributed by atoms with Crippen molar-refractivity contribution in [2.75, 3.05) is 24.5 Å². The summed E-state index contributed by atoms with van der Waals surface area (Å²) in [5.74, 6) is 0.764. The number of hydrogen-bond acceptors (Lipinski definition) is 4. The lowest BCUT2D eigenvalue weighted by atomic mass is 10.2. The number of amides is 1. The highest BCUT2D eigenvalue weighted by Gasteiger charge is 2.19. The molecule has 132 valence electrons. The highest BCUT2D eigenvalue weighted by molar-refractivity contribution is 5.92. The zero-order valence-corrected chi connectivity index (χ0v) is 15.1. The van der Waals surface area contributed by atoms with E-state index in [9.17, 15) is 4.79 Å². The molecular formula is C20H26N4O. The van der Waals surface area contributed by atoms with E-state index in [1.54, 1.807) is 12.4 Å². The fourth-order valence-corrected chi connectivity index (χ4v) is 3.28. The number of rotatable bonds is 4. The van der Waals surface area contributed by atoms with Crippen LogP contribution < -0.4 is 4.90 Å². The molecule has 2 aromatic rings. The first-order chi connectivity index (χ1) is 12.2. The first-order valence-electron chi connectivity index (χ1n) is 9.14. The van der Waals surface area contributed by atoms with Gasteiger partial charge < -0.3 is 9.80 Å². The molecule has 1 fully saturated rings. The molecule has 1 aliphatic rings. The van der Waals surface area contributed by atoms with Crippen molar-refractivity contribution in [2.45, 2.75) is 39.5 Å². The number of hydrogen-bond donors (Lipinski definition) is 0. The van der Waals surface area contributed by atoms with Crippen LogP contribution in [0.5, 0.6) is 0 Å². The Morgan fingerprint density at radius 2 is 1.88 bits per heavy atom. The average Bonchev–Trinajstić information content (AvgIpc) is 2.92. The van der Waals surface area contributed by atoms with Crippen molar-refractivity contribution in [1.82, 2.24) is 14.9 Å². The maximum atomic E-state index is 12.6. The second-order valence-electron chi connectivity index (χ2n) is 6.55. The van der Waals surface area contributed by atoms with Gasteiger partial charge in [0.1, 0.15) is 5.69 Å². The molecule has 5 nitrogen and oxygen atoms in total. The predicted molar refractivity (Wildman–Crippen MR) is 100 cm³/mol. The molecule has 2 heterocycles. The summed E-state index contributed by atoms with van der Waals surface area (Å²) < 4.78 is 0. The van der Waals surface area contributed by atoms with Crippen molar-refractivity contribution in [3.63, 3.8) is 0 Å². The van der Waals surface area contributed by atoms with Gasteiger partial charge in [-0.1, -0.05) is 25.0 Å². The fraction of sp³-hybridized carbons (Fsp3) is 0.450. The summed E-state index contributed by atoms with van der Waals surface area (Å²) in [6.07, 6.45) is 7.88. The topological polar surface area (TPSA) is 49.3 Å². The van der Waals surface area contributed by atoms with Crippen LogP contribution in [-0.4, -0.2) is 40.4 Å². The Bertz CT molecular complexity index is 706. The van der Waals surface area contributed by atoms with Crippen molar-refractivity contribution in [3.8, 4) is 0 Å². The quantitative estimate of drug-likeness (QED) is 0.847. The Balaban J connectivity index is 1.77. The van der Waals surface area contributed by atoms with E-state index in [2.05, 4.69) is 46.9 Å². The van der Waals surface area contributed by atoms with Crippen LogP contribution in [0.2, 0.25) is 0 Å². The van der Waals surface area contributed by atoms with E-state index in [1.165, 1.54) is 18.4 Å². The van der Waals surface area contributed by atoms with Crippen LogP contribution >= 0.6 is 0 Å². The number of anilines is 2. The molecule has 0 unspecified atom stereocenters. The smallest absolute Gasteiger partial charge is 0.274 e. The van der Waals surface area contributed by atoms with E-state index in [4.69, 9.17) is 0 Å². The molecule has 1 aromatic heterocycles. The van der Waals surface area contributed by atoms with Crippen LogP contribution in [0.15, 0.2) is 36.7 Å². The number of likely N-dealkylation sites (tertiary alicyclic amines) is 1. The first kappa shape index (κ1) is 17.4. The number of aromatic nitrogens is 2. The molecule has 3 rings (SSSR count). The van der Waals surface area contributed by atoms with Gasteiger partial charge in [0.15, 0.2) is 5.82 Å². The van der Waals surface area contributed by atoms with Crippen LogP contribution in [0.4, 0.5) is 11.5 Å². The summed E-state index contributed by atoms with van der Waals surface area (Å²) in [4.78, 5) is 25.6. The number of carbonyl (C=O) groups excluding carboxylic acids is 1. The SMILES string of the molecule is CCN(c1cccc(C)c1)c1cnc(C(=O)N2CCCCCC2)cn1. The van der Waals surface area contributed by atoms with Crippen molar-refractivity contribution < 1.29 is 4.79 Å². The van der Waals surface area contributed by atoms with Gasteiger partial charge >= 0.3 is 0 Å². The highest BCUT2D eigenvalue weighted by atomic mass is 16.2. The lowest BCUT2D eigenvalue weighted by Crippen LogP contribution is -2.32. The molecule has 1 amide bonds. The maximum Gasteiger partial charge on any atom is 0.274 e. The molecular weight excluding hydrogens is 312 g/mol. The lowest BCUT2D eigenvalue weighted by Gasteiger charge is -2.23. The summed E-state index contributed by atoms with van der Waals surface area (Å²) in [7, 11) is 0. The molecule has 0 N–H and O–H groups in total. The summed E-state index contributed by atoms with van der Waals surface area (Å²) in [5.41, 5.74) is 2.73. The van der Waals surface area contributed by atoms with E-state index in [-0.39, 0.29) is 5.91 Å². The Labute approximate surface area is 149 Å². The van der Waals surface area contributed by atoms with Gasteiger partial charge in [-0.05, 0) is 44.4 Å². The summed E-state index contributed by atoms with van der Waals surface area (Å²) in [5, 5.41) is 0. The zero-order valence-electron chi connectivity index (χ0n) is 15.1. The van der Waals surface area contributed by atoms with E-state index in [1.807, 2.05) is 11.0 Å². The Kier molecular flexibility index (Phi) is 5.64. The molecule has 1 aliphatic heterocycles. The molecule has 0 bridgehead atoms. The van der Waals surface area contributed by atoms with E-state index in [0.29, 0.717) is 5.69 Å². The minimum Gasteiger partial charge on any atom is -0.337 e. The van der Waals surface area contributed by atoms with Gasteiger partial charge in [0.2, 0.25) is 0 Å². The molecule has 1 aromatic carbocycles. The van der Waals surface area contributed by atoms with Gasteiger partial charge in [-0.25, -0.2) is 9.97 Å². The molecule has 0 atom stereocenters. The predicted octanol–water partition coefficient (Wildman–Crippen LogP) is 3.96. The summed E-state index contributed by atoms with van der Waals surface area (Å²) in [6.45, 7) is 6.60. The Morgan fingerprint density at radius 3 is 2.48 bits per heavy atom. The third kappa shape index (κ3) is 4.16. The standard InChI is InChI=1S/C20H26N4O/c1-3-24(17-10-8-9-16(2)13-17)19-15-21-18(14-22-19)20(25)23-11-6-4-5-7-12-23/h8-10,13-15H,3-7,11-12H2,1-2H3. The van der Waals surface area contributed by atoms with Crippen LogP contribution in [0, 0.1) is 6.92 Å². The summed E-state index contributed by atoms with van der Waals surface area (Å²) >= 11 is 0. The number of carbonyl (C=O) groups is 1. The zero-order chi connectivity index (χ0) is 17.6. The molecule has 0 spiro atoms. The van der Waals surface area contributed by atoms with E-state index < -0.39 is 0 Å². The minimum atomic E-state index is -0.000413. The van der Waals surface area contributed by atoms with Crippen LogP contribution in [0.1, 0.15) is 48.7 Å². The Hall–Kier alpha value is -2.43. The van der Waals surface area contributed by atoms with Gasteiger partial charge in [-0.2, -0.15) is 0 Å². The van der Waals surface area contributed by atoms with E-state index >= 15 is 0 Å². The average molecular weight is 338 g/mol. The van der Waals surface area contributed by atoms with Crippen LogP contribution in [0.3, 0.4) is 0 Å². The fourth-order valence-electron chi connectivity index (χ4n) is 3.28. The maximum absolute atomic E-state index is 12.6. The molecule has 0 radical (unpaired) electrons. The number of nitrogens with zero attached hydrogens (tertiary/aromatic N) is 4. The van der Waals surface area contributed by atoms with Gasteiger partial charge in [-0.15, -0.1) is 0 Å². The lowest BCUT2D eigenvalue weighted by molar-refractivity contribution is 0.0755. The van der Waals surface area contributed by atoms with Gasteiger partial charge in [0.05, 0.1) is 12.4 Å². The molecule has 0 saturated carbocycles. The highest BCUT2D eigenvalue weighted by Crippen LogP contribution is 2.23. The van der Waals surface area contributed by atoms with Gasteiger partial charge in [0.25, 0.3) is 5.91 Å². The number of benzene rings is 1. The van der Waals surface area contributed by atoms with Crippen molar-refractivity contribution in [3.05, 3.63) is 47.9 Å². The van der Waals surface area contributed by atoms with E-state index in [0.717, 1.165) is 44.0 Å². The Morgan fingerprint density at radius 1 is 1.12 bits per heavy atom. The third-order valence-corrected chi connectivity index (χ3v) is 4.66. The monoisotopic (exact) mass is 338 g/mol. The largest absolute Gasteiger partial charge is 0.337 e. The summed E-state index contributed by atoms with van der Waals surface area (Å²) in [6, 6.07) is 8.31. The third-order valence-electron chi connectivity index (χ3n) is 4.66. The first-order valence-corrected chi connectivity index (χ1v) is 9.14. The van der Waals surface area contributed by atoms with Crippen LogP contribution in [-0.2, 0) is 0 Å². The molecule has 5 heteroatoms. The van der Waals surface area contributed by atoms with Crippen molar-refractivity contribution >= 4 is 17.4 Å². The normalized spacial score (nSPS) is 14.9. The molecule has 0 aliphatic carbocycles. The molecule has 1 saturated heterocycles. The van der Waals surface area contributed by atoms with Gasteiger partial charge in [0, 0.05) is 25.3 Å². The minimum absolute atomic E-state index is 0.000413. The number of aryl methyl sites for hydroxylation is 1. The second kappa shape index (κ2) is 8.10. The van der Waals surface area contributed by atoms with Crippen molar-refractivity contribution in [1.29, 1.82) is 0 Å². The second-order valence-corrected chi connectivity index (χ2v) is 6.55. The van der Waals surface area contributed by atoms with Crippen LogP contribution in [0.25, 0.3) is 0 Å². The van der Waals surface area contributed by atoms with Crippen molar-refractivity contribution in [2.24, 2.45) is 0 Å².